The summed E-state index contributed by atoms with van der Waals surface area (Å²) >= 11 is 0. The average molecular weight is 233 g/mol. The van der Waals surface area contributed by atoms with Gasteiger partial charge in [0.05, 0.1) is 7.11 Å². The molecule has 1 aliphatic rings. The number of hydrogen-bond acceptors (Lipinski definition) is 2. The third-order valence-corrected chi connectivity index (χ3v) is 3.79. The van der Waals surface area contributed by atoms with E-state index in [2.05, 4.69) is 44.3 Å². The van der Waals surface area contributed by atoms with Crippen LogP contribution >= 0.6 is 0 Å². The predicted molar refractivity (Wildman–Crippen MR) is 71.5 cm³/mol. The Morgan fingerprint density at radius 1 is 1.41 bits per heavy atom. The monoisotopic (exact) mass is 233 g/mol. The third-order valence-electron chi connectivity index (χ3n) is 3.79. The Morgan fingerprint density at radius 2 is 2.12 bits per heavy atom. The Hall–Kier alpha value is -1.02. The van der Waals surface area contributed by atoms with Gasteiger partial charge in [0.25, 0.3) is 0 Å². The van der Waals surface area contributed by atoms with E-state index in [1.165, 1.54) is 24.0 Å². The zero-order chi connectivity index (χ0) is 12.5. The molecule has 0 bridgehead atoms. The molecule has 0 amide bonds. The van der Waals surface area contributed by atoms with Gasteiger partial charge in [-0.25, -0.2) is 0 Å². The van der Waals surface area contributed by atoms with E-state index in [9.17, 15) is 0 Å². The molecule has 2 heteroatoms. The van der Waals surface area contributed by atoms with Gasteiger partial charge in [-0.15, -0.1) is 0 Å². The second kappa shape index (κ2) is 4.69. The van der Waals surface area contributed by atoms with Gasteiger partial charge in [-0.3, -0.25) is 0 Å². The summed E-state index contributed by atoms with van der Waals surface area (Å²) < 4.78 is 5.45. The molecule has 1 aromatic carbocycles. The first-order valence-corrected chi connectivity index (χ1v) is 6.42. The van der Waals surface area contributed by atoms with E-state index < -0.39 is 0 Å². The number of ether oxygens (including phenoxy) is 1. The minimum atomic E-state index is 0.350. The SMILES string of the molecule is COc1cc(C)ccc1C(C)NCC1(C)CC1. The molecule has 0 saturated heterocycles. The van der Waals surface area contributed by atoms with Crippen LogP contribution in [-0.2, 0) is 0 Å². The molecule has 94 valence electrons. The third kappa shape index (κ3) is 3.01. The summed E-state index contributed by atoms with van der Waals surface area (Å²) in [6.07, 6.45) is 2.72. The van der Waals surface area contributed by atoms with Crippen LogP contribution < -0.4 is 10.1 Å². The van der Waals surface area contributed by atoms with Crippen LogP contribution in [0.15, 0.2) is 18.2 Å². The number of hydrogen-bond donors (Lipinski definition) is 1. The Labute approximate surface area is 104 Å². The van der Waals surface area contributed by atoms with Crippen molar-refractivity contribution >= 4 is 0 Å². The minimum Gasteiger partial charge on any atom is -0.496 e. The number of aryl methyl sites for hydroxylation is 1. The van der Waals surface area contributed by atoms with Crippen molar-refractivity contribution in [2.75, 3.05) is 13.7 Å². The first-order chi connectivity index (χ1) is 8.04. The quantitative estimate of drug-likeness (QED) is 0.841. The summed E-state index contributed by atoms with van der Waals surface area (Å²) in [5, 5.41) is 3.62. The standard InChI is InChI=1S/C15H23NO/c1-11-5-6-13(14(9-11)17-4)12(2)16-10-15(3)7-8-15/h5-6,9,12,16H,7-8,10H2,1-4H3. The normalized spacial score (nSPS) is 18.8. The molecule has 1 aliphatic carbocycles. The summed E-state index contributed by atoms with van der Waals surface area (Å²) in [5.41, 5.74) is 3.04. The Balaban J connectivity index is 2.04. The molecular formula is C15H23NO. The largest absolute Gasteiger partial charge is 0.496 e. The topological polar surface area (TPSA) is 21.3 Å². The van der Waals surface area contributed by atoms with Crippen LogP contribution in [0.1, 0.15) is 43.9 Å². The van der Waals surface area contributed by atoms with Gasteiger partial charge in [-0.05, 0) is 43.7 Å². The zero-order valence-corrected chi connectivity index (χ0v) is 11.3. The van der Waals surface area contributed by atoms with Crippen LogP contribution in [0.25, 0.3) is 0 Å². The van der Waals surface area contributed by atoms with Crippen LogP contribution in [0.5, 0.6) is 5.75 Å². The fourth-order valence-electron chi connectivity index (χ4n) is 2.08. The highest BCUT2D eigenvalue weighted by Gasteiger charge is 2.37. The average Bonchev–Trinajstić information content (AvgIpc) is 3.04. The van der Waals surface area contributed by atoms with E-state index >= 15 is 0 Å². The van der Waals surface area contributed by atoms with Gasteiger partial charge in [-0.2, -0.15) is 0 Å². The first kappa shape index (κ1) is 12.4. The highest BCUT2D eigenvalue weighted by Crippen LogP contribution is 2.44. The lowest BCUT2D eigenvalue weighted by molar-refractivity contribution is 0.394. The summed E-state index contributed by atoms with van der Waals surface area (Å²) in [4.78, 5) is 0. The van der Waals surface area contributed by atoms with Crippen LogP contribution in [-0.4, -0.2) is 13.7 Å². The lowest BCUT2D eigenvalue weighted by Gasteiger charge is -2.20. The molecule has 0 heterocycles. The van der Waals surface area contributed by atoms with Crippen molar-refractivity contribution in [2.45, 2.75) is 39.7 Å². The number of nitrogens with one attached hydrogen (secondary N) is 1. The van der Waals surface area contributed by atoms with Gasteiger partial charge < -0.3 is 10.1 Å². The van der Waals surface area contributed by atoms with E-state index in [-0.39, 0.29) is 0 Å². The summed E-state index contributed by atoms with van der Waals surface area (Å²) in [6, 6.07) is 6.77. The van der Waals surface area contributed by atoms with Gasteiger partial charge in [0.15, 0.2) is 0 Å². The molecule has 2 rings (SSSR count). The van der Waals surface area contributed by atoms with Crippen LogP contribution in [0.3, 0.4) is 0 Å². The Morgan fingerprint density at radius 3 is 2.71 bits per heavy atom. The number of rotatable bonds is 5. The maximum absolute atomic E-state index is 5.45. The highest BCUT2D eigenvalue weighted by atomic mass is 16.5. The maximum Gasteiger partial charge on any atom is 0.123 e. The molecule has 1 saturated carbocycles. The molecule has 1 N–H and O–H groups in total. The molecule has 1 unspecified atom stereocenters. The summed E-state index contributed by atoms with van der Waals surface area (Å²) in [5.74, 6) is 0.992. The van der Waals surface area contributed by atoms with E-state index in [0.29, 0.717) is 11.5 Å². The molecule has 0 aromatic heterocycles. The van der Waals surface area contributed by atoms with E-state index in [1.54, 1.807) is 7.11 Å². The molecule has 1 atom stereocenters. The summed E-state index contributed by atoms with van der Waals surface area (Å²) in [6.45, 7) is 7.75. The number of benzene rings is 1. The van der Waals surface area contributed by atoms with Crippen LogP contribution in [0.4, 0.5) is 0 Å². The van der Waals surface area contributed by atoms with Gasteiger partial charge in [0.2, 0.25) is 0 Å². The Kier molecular flexibility index (Phi) is 3.43. The van der Waals surface area contributed by atoms with Gasteiger partial charge in [0.1, 0.15) is 5.75 Å². The van der Waals surface area contributed by atoms with Crippen molar-refractivity contribution in [1.82, 2.24) is 5.32 Å². The van der Waals surface area contributed by atoms with E-state index in [4.69, 9.17) is 4.74 Å². The molecule has 0 spiro atoms. The van der Waals surface area contributed by atoms with E-state index in [0.717, 1.165) is 12.3 Å². The molecular weight excluding hydrogens is 210 g/mol. The fourth-order valence-corrected chi connectivity index (χ4v) is 2.08. The first-order valence-electron chi connectivity index (χ1n) is 6.42. The van der Waals surface area contributed by atoms with E-state index in [1.807, 2.05) is 0 Å². The Bertz CT molecular complexity index is 396. The minimum absolute atomic E-state index is 0.350. The van der Waals surface area contributed by atoms with Crippen LogP contribution in [0, 0.1) is 12.3 Å². The summed E-state index contributed by atoms with van der Waals surface area (Å²) in [7, 11) is 1.74. The fraction of sp³-hybridized carbons (Fsp3) is 0.600. The second-order valence-electron chi connectivity index (χ2n) is 5.66. The lowest BCUT2D eigenvalue weighted by atomic mass is 10.0. The molecule has 0 radical (unpaired) electrons. The lowest BCUT2D eigenvalue weighted by Crippen LogP contribution is -2.25. The highest BCUT2D eigenvalue weighted by molar-refractivity contribution is 5.39. The van der Waals surface area contributed by atoms with Crippen molar-refractivity contribution in [2.24, 2.45) is 5.41 Å². The van der Waals surface area contributed by atoms with Crippen molar-refractivity contribution in [1.29, 1.82) is 0 Å². The number of methoxy groups -OCH3 is 1. The zero-order valence-electron chi connectivity index (χ0n) is 11.3. The van der Waals surface area contributed by atoms with Gasteiger partial charge in [0, 0.05) is 18.2 Å². The molecule has 1 aromatic rings. The predicted octanol–water partition coefficient (Wildman–Crippen LogP) is 3.45. The molecule has 0 aliphatic heterocycles. The van der Waals surface area contributed by atoms with Crippen LogP contribution in [0.2, 0.25) is 0 Å². The van der Waals surface area contributed by atoms with Gasteiger partial charge in [-0.1, -0.05) is 19.1 Å². The van der Waals surface area contributed by atoms with Crippen molar-refractivity contribution in [3.05, 3.63) is 29.3 Å². The van der Waals surface area contributed by atoms with Crippen molar-refractivity contribution in [3.8, 4) is 5.75 Å². The molecule has 2 nitrogen and oxygen atoms in total. The maximum atomic E-state index is 5.45. The van der Waals surface area contributed by atoms with Crippen molar-refractivity contribution in [3.63, 3.8) is 0 Å². The molecule has 1 fully saturated rings. The second-order valence-corrected chi connectivity index (χ2v) is 5.66. The molecule has 17 heavy (non-hydrogen) atoms. The smallest absolute Gasteiger partial charge is 0.123 e. The van der Waals surface area contributed by atoms with Gasteiger partial charge >= 0.3 is 0 Å². The van der Waals surface area contributed by atoms with Crippen molar-refractivity contribution < 1.29 is 4.74 Å².